The van der Waals surface area contributed by atoms with Crippen LogP contribution in [0.15, 0.2) is 36.4 Å². The molecule has 0 atom stereocenters. The second-order valence-corrected chi connectivity index (χ2v) is 7.49. The van der Waals surface area contributed by atoms with Crippen molar-refractivity contribution in [1.82, 2.24) is 0 Å². The minimum absolute atomic E-state index is 0.0684. The summed E-state index contributed by atoms with van der Waals surface area (Å²) in [4.78, 5) is 14.7. The average Bonchev–Trinajstić information content (AvgIpc) is 3.35. The van der Waals surface area contributed by atoms with Crippen LogP contribution < -0.4 is 20.1 Å². The number of carbonyl (C=O) groups is 1. The average molecular weight is 424 g/mol. The van der Waals surface area contributed by atoms with Gasteiger partial charge in [0.25, 0.3) is 5.91 Å². The van der Waals surface area contributed by atoms with Gasteiger partial charge in [0.2, 0.25) is 0 Å². The smallest absolute Gasteiger partial charge is 0.258 e. The van der Waals surface area contributed by atoms with E-state index in [2.05, 4.69) is 0 Å². The Morgan fingerprint density at radius 2 is 1.94 bits per heavy atom. The van der Waals surface area contributed by atoms with E-state index < -0.39 is 5.79 Å². The molecule has 0 aliphatic carbocycles. The maximum Gasteiger partial charge on any atom is 0.258 e. The second-order valence-electron chi connectivity index (χ2n) is 7.49. The first-order chi connectivity index (χ1) is 15.0. The molecular weight excluding hydrogens is 396 g/mol. The number of likely N-dealkylation sites (N-methyl/N-ethyl adjacent to an activating group) is 1. The third kappa shape index (κ3) is 3.80. The molecule has 0 bridgehead atoms. The molecule has 0 saturated carbocycles. The van der Waals surface area contributed by atoms with Gasteiger partial charge in [-0.3, -0.25) is 4.79 Å². The number of ether oxygens (including phenoxy) is 4. The molecule has 0 spiro atoms. The van der Waals surface area contributed by atoms with E-state index in [9.17, 15) is 4.79 Å². The largest absolute Gasteiger partial charge is 0.493 e. The highest BCUT2D eigenvalue weighted by molar-refractivity contribution is 6.35. The highest BCUT2D eigenvalue weighted by atomic mass is 16.7. The van der Waals surface area contributed by atoms with E-state index in [1.165, 1.54) is 0 Å². The minimum atomic E-state index is -0.860. The lowest BCUT2D eigenvalue weighted by Crippen LogP contribution is -2.30. The van der Waals surface area contributed by atoms with E-state index in [0.717, 1.165) is 22.4 Å². The van der Waals surface area contributed by atoms with Crippen molar-refractivity contribution < 1.29 is 23.7 Å². The van der Waals surface area contributed by atoms with Crippen molar-refractivity contribution in [2.45, 2.75) is 19.1 Å². The Bertz CT molecular complexity index is 1010. The molecule has 2 heterocycles. The topological polar surface area (TPSA) is 83.3 Å². The number of carbonyl (C=O) groups excluding carboxylic acids is 1. The van der Waals surface area contributed by atoms with Gasteiger partial charge in [0.15, 0.2) is 17.3 Å². The van der Waals surface area contributed by atoms with Crippen LogP contribution in [0.25, 0.3) is 11.6 Å². The van der Waals surface area contributed by atoms with Crippen LogP contribution in [0.3, 0.4) is 0 Å². The first-order valence-corrected chi connectivity index (χ1v) is 10.5. The molecular formula is C24H28N2O5. The van der Waals surface area contributed by atoms with Gasteiger partial charge in [0, 0.05) is 30.2 Å². The zero-order valence-electron chi connectivity index (χ0n) is 18.1. The zero-order valence-corrected chi connectivity index (χ0v) is 18.1. The first-order valence-electron chi connectivity index (χ1n) is 10.5. The summed E-state index contributed by atoms with van der Waals surface area (Å²) in [6.07, 6.45) is 2.42. The molecule has 1 fully saturated rings. The van der Waals surface area contributed by atoms with Crippen LogP contribution in [-0.4, -0.2) is 46.4 Å². The monoisotopic (exact) mass is 424 g/mol. The molecule has 0 unspecified atom stereocenters. The number of nitrogens with zero attached hydrogens (tertiary/aromatic N) is 1. The summed E-state index contributed by atoms with van der Waals surface area (Å²) in [5.74, 6) is 0.366. The van der Waals surface area contributed by atoms with Gasteiger partial charge in [-0.2, -0.15) is 0 Å². The number of nitrogens with two attached hydrogens (primary N) is 1. The Morgan fingerprint density at radius 3 is 2.61 bits per heavy atom. The standard InChI is InChI=1S/C24H28N2O5/c1-4-29-21-8-5-16(14-22(21)28-3)13-19-18-15-17(6-7-20(18)26(2)23(19)27)24(9-10-25)30-11-12-31-24/h5-8,13-15H,4,9-12,25H2,1-3H3/b19-13-. The molecule has 0 radical (unpaired) electrons. The number of amides is 1. The van der Waals surface area contributed by atoms with Gasteiger partial charge in [-0.25, -0.2) is 0 Å². The highest BCUT2D eigenvalue weighted by Crippen LogP contribution is 2.42. The summed E-state index contributed by atoms with van der Waals surface area (Å²) in [6, 6.07) is 11.5. The van der Waals surface area contributed by atoms with E-state index in [0.29, 0.717) is 49.9 Å². The van der Waals surface area contributed by atoms with Gasteiger partial charge >= 0.3 is 0 Å². The molecule has 7 heteroatoms. The Balaban J connectivity index is 1.77. The van der Waals surface area contributed by atoms with Gasteiger partial charge in [0.1, 0.15) is 0 Å². The fraction of sp³-hybridized carbons (Fsp3) is 0.375. The van der Waals surface area contributed by atoms with Gasteiger partial charge in [-0.15, -0.1) is 0 Å². The number of hydrogen-bond acceptors (Lipinski definition) is 6. The van der Waals surface area contributed by atoms with Crippen molar-refractivity contribution in [3.8, 4) is 11.5 Å². The molecule has 2 N–H and O–H groups in total. The van der Waals surface area contributed by atoms with Gasteiger partial charge < -0.3 is 29.6 Å². The molecule has 2 aromatic carbocycles. The molecule has 2 aliphatic heterocycles. The zero-order chi connectivity index (χ0) is 22.0. The van der Waals surface area contributed by atoms with E-state index in [4.69, 9.17) is 24.7 Å². The number of rotatable bonds is 7. The third-order valence-corrected chi connectivity index (χ3v) is 5.65. The van der Waals surface area contributed by atoms with Crippen molar-refractivity contribution >= 4 is 23.2 Å². The Morgan fingerprint density at radius 1 is 1.16 bits per heavy atom. The summed E-state index contributed by atoms with van der Waals surface area (Å²) in [5, 5.41) is 0. The second kappa shape index (κ2) is 8.70. The van der Waals surface area contributed by atoms with Gasteiger partial charge in [0.05, 0.1) is 32.6 Å². The maximum atomic E-state index is 13.0. The fourth-order valence-electron chi connectivity index (χ4n) is 4.14. The van der Waals surface area contributed by atoms with Crippen molar-refractivity contribution in [2.75, 3.05) is 45.4 Å². The predicted octanol–water partition coefficient (Wildman–Crippen LogP) is 3.16. The van der Waals surface area contributed by atoms with Crippen LogP contribution in [-0.2, 0) is 20.1 Å². The molecule has 7 nitrogen and oxygen atoms in total. The maximum absolute atomic E-state index is 13.0. The summed E-state index contributed by atoms with van der Waals surface area (Å²) in [5.41, 5.74) is 9.83. The number of benzene rings is 2. The van der Waals surface area contributed by atoms with Crippen LogP contribution in [0.1, 0.15) is 30.0 Å². The van der Waals surface area contributed by atoms with Crippen LogP contribution in [0.2, 0.25) is 0 Å². The Labute approximate surface area is 182 Å². The van der Waals surface area contributed by atoms with Gasteiger partial charge in [-0.05, 0) is 49.4 Å². The number of hydrogen-bond donors (Lipinski definition) is 1. The van der Waals surface area contributed by atoms with Crippen LogP contribution in [0.5, 0.6) is 11.5 Å². The molecule has 0 aromatic heterocycles. The quantitative estimate of drug-likeness (QED) is 0.688. The van der Waals surface area contributed by atoms with Crippen molar-refractivity contribution in [3.05, 3.63) is 53.1 Å². The Kier molecular flexibility index (Phi) is 6.00. The van der Waals surface area contributed by atoms with Crippen LogP contribution in [0, 0.1) is 0 Å². The van der Waals surface area contributed by atoms with E-state index in [1.54, 1.807) is 19.1 Å². The predicted molar refractivity (Wildman–Crippen MR) is 119 cm³/mol. The molecule has 2 aromatic rings. The van der Waals surface area contributed by atoms with Crippen molar-refractivity contribution in [3.63, 3.8) is 0 Å². The van der Waals surface area contributed by atoms with E-state index in [1.807, 2.05) is 49.4 Å². The minimum Gasteiger partial charge on any atom is -0.493 e. The Hall–Kier alpha value is -2.87. The lowest BCUT2D eigenvalue weighted by molar-refractivity contribution is -0.168. The SMILES string of the molecule is CCOc1ccc(/C=C2\C(=O)N(C)c3ccc(C4(CCN)OCCO4)cc32)cc1OC. The lowest BCUT2D eigenvalue weighted by atomic mass is 9.96. The fourth-order valence-corrected chi connectivity index (χ4v) is 4.14. The molecule has 1 amide bonds. The molecule has 164 valence electrons. The van der Waals surface area contributed by atoms with E-state index >= 15 is 0 Å². The molecule has 31 heavy (non-hydrogen) atoms. The van der Waals surface area contributed by atoms with Crippen molar-refractivity contribution in [2.24, 2.45) is 5.73 Å². The third-order valence-electron chi connectivity index (χ3n) is 5.65. The normalized spacial score (nSPS) is 18.5. The lowest BCUT2D eigenvalue weighted by Gasteiger charge is -2.28. The summed E-state index contributed by atoms with van der Waals surface area (Å²) >= 11 is 0. The summed E-state index contributed by atoms with van der Waals surface area (Å²) in [6.45, 7) is 3.94. The number of fused-ring (bicyclic) bond motifs is 1. The first kappa shape index (κ1) is 21.4. The van der Waals surface area contributed by atoms with Gasteiger partial charge in [-0.1, -0.05) is 12.1 Å². The highest BCUT2D eigenvalue weighted by Gasteiger charge is 2.40. The molecule has 1 saturated heterocycles. The molecule has 2 aliphatic rings. The number of methoxy groups -OCH3 is 1. The number of anilines is 1. The van der Waals surface area contributed by atoms with Crippen molar-refractivity contribution in [1.29, 1.82) is 0 Å². The van der Waals surface area contributed by atoms with Crippen LogP contribution >= 0.6 is 0 Å². The van der Waals surface area contributed by atoms with E-state index in [-0.39, 0.29) is 5.91 Å². The molecule has 4 rings (SSSR count). The summed E-state index contributed by atoms with van der Waals surface area (Å²) < 4.78 is 22.9. The summed E-state index contributed by atoms with van der Waals surface area (Å²) in [7, 11) is 3.38. The van der Waals surface area contributed by atoms with Crippen LogP contribution in [0.4, 0.5) is 5.69 Å².